The summed E-state index contributed by atoms with van der Waals surface area (Å²) in [6.07, 6.45) is 2.32. The molecule has 1 aromatic heterocycles. The molecule has 1 N–H and O–H groups in total. The molecule has 0 radical (unpaired) electrons. The van der Waals surface area contributed by atoms with Crippen LogP contribution in [0.1, 0.15) is 19.3 Å². The maximum Gasteiger partial charge on any atom is 0.307 e. The largest absolute Gasteiger partial charge is 0.481 e. The maximum atomic E-state index is 13.3. The fourth-order valence-corrected chi connectivity index (χ4v) is 4.30. The summed E-state index contributed by atoms with van der Waals surface area (Å²) in [5.74, 6) is -1.05. The van der Waals surface area contributed by atoms with Crippen LogP contribution in [0.2, 0.25) is 0 Å². The van der Waals surface area contributed by atoms with Crippen molar-refractivity contribution in [1.29, 1.82) is 0 Å². The summed E-state index contributed by atoms with van der Waals surface area (Å²) in [4.78, 5) is 39.7. The quantitative estimate of drug-likeness (QED) is 0.722. The second kappa shape index (κ2) is 8.17. The van der Waals surface area contributed by atoms with Crippen LogP contribution in [0.15, 0.2) is 58.1 Å². The molecule has 0 spiro atoms. The Kier molecular flexibility index (Phi) is 5.45. The van der Waals surface area contributed by atoms with Gasteiger partial charge in [-0.15, -0.1) is 0 Å². The molecule has 0 unspecified atom stereocenters. The second-order valence-corrected chi connectivity index (χ2v) is 7.68. The third kappa shape index (κ3) is 3.80. The first kappa shape index (κ1) is 19.3. The average Bonchev–Trinajstić information content (AvgIpc) is 2.84. The van der Waals surface area contributed by atoms with Gasteiger partial charge in [-0.05, 0) is 50.6 Å². The van der Waals surface area contributed by atoms with Crippen molar-refractivity contribution in [2.45, 2.75) is 25.8 Å². The zero-order chi connectivity index (χ0) is 20.4. The minimum Gasteiger partial charge on any atom is -0.481 e. The van der Waals surface area contributed by atoms with Crippen molar-refractivity contribution in [3.05, 3.63) is 69.1 Å². The molecule has 1 fully saturated rings. The van der Waals surface area contributed by atoms with E-state index in [0.717, 1.165) is 25.9 Å². The lowest BCUT2D eigenvalue weighted by molar-refractivity contribution is -0.143. The van der Waals surface area contributed by atoms with Crippen LogP contribution in [0.5, 0.6) is 0 Å². The van der Waals surface area contributed by atoms with Crippen LogP contribution in [0.4, 0.5) is 0 Å². The molecule has 1 aliphatic rings. The molecule has 0 bridgehead atoms. The van der Waals surface area contributed by atoms with E-state index in [1.54, 1.807) is 34.9 Å². The van der Waals surface area contributed by atoms with E-state index in [9.17, 15) is 19.5 Å². The summed E-state index contributed by atoms with van der Waals surface area (Å²) in [6.45, 7) is 2.65. The summed E-state index contributed by atoms with van der Waals surface area (Å²) >= 11 is 0. The molecule has 150 valence electrons. The highest BCUT2D eigenvalue weighted by atomic mass is 16.4. The van der Waals surface area contributed by atoms with Gasteiger partial charge < -0.3 is 14.6 Å². The predicted molar refractivity (Wildman–Crippen MR) is 113 cm³/mol. The van der Waals surface area contributed by atoms with Gasteiger partial charge in [-0.2, -0.15) is 0 Å². The van der Waals surface area contributed by atoms with E-state index in [2.05, 4.69) is 4.90 Å². The van der Waals surface area contributed by atoms with Crippen LogP contribution in [0.25, 0.3) is 21.7 Å². The number of aromatic nitrogens is 1. The number of carbonyl (C=O) groups is 1. The minimum absolute atomic E-state index is 0.132. The van der Waals surface area contributed by atoms with Crippen LogP contribution in [0.3, 0.4) is 0 Å². The summed E-state index contributed by atoms with van der Waals surface area (Å²) in [6, 6.07) is 14.2. The molecule has 0 aliphatic carbocycles. The number of benzene rings is 2. The number of fused-ring (bicyclic) bond motifs is 2. The van der Waals surface area contributed by atoms with E-state index < -0.39 is 5.97 Å². The molecule has 0 saturated carbocycles. The van der Waals surface area contributed by atoms with E-state index >= 15 is 0 Å². The molecule has 1 saturated heterocycles. The van der Waals surface area contributed by atoms with Crippen molar-refractivity contribution in [2.24, 2.45) is 5.92 Å². The Labute approximate surface area is 168 Å². The standard InChI is InChI=1S/C23H24N2O4/c26-21-17-8-1-2-9-18(17)22(27)25(20-11-4-3-10-19(20)21)14-6-13-24-12-5-7-16(15-24)23(28)29/h1-4,8-11,16H,5-7,12-15H2,(H,28,29)/t16-/m1/s1. The lowest BCUT2D eigenvalue weighted by Gasteiger charge is -2.30. The molecule has 2 heterocycles. The van der Waals surface area contributed by atoms with E-state index in [1.165, 1.54) is 0 Å². The summed E-state index contributed by atoms with van der Waals surface area (Å²) in [7, 11) is 0. The average molecular weight is 392 g/mol. The highest BCUT2D eigenvalue weighted by Gasteiger charge is 2.24. The summed E-state index contributed by atoms with van der Waals surface area (Å²) < 4.78 is 1.69. The third-order valence-corrected chi connectivity index (χ3v) is 5.80. The van der Waals surface area contributed by atoms with Gasteiger partial charge in [0.1, 0.15) is 0 Å². The number of aryl methyl sites for hydroxylation is 1. The first-order valence-corrected chi connectivity index (χ1v) is 10.1. The number of aliphatic carboxylic acids is 1. The van der Waals surface area contributed by atoms with Crippen LogP contribution in [0, 0.1) is 5.92 Å². The number of piperidine rings is 1. The van der Waals surface area contributed by atoms with Crippen molar-refractivity contribution in [3.8, 4) is 0 Å². The zero-order valence-electron chi connectivity index (χ0n) is 16.2. The van der Waals surface area contributed by atoms with Gasteiger partial charge in [-0.3, -0.25) is 14.4 Å². The second-order valence-electron chi connectivity index (χ2n) is 7.68. The molecule has 0 amide bonds. The van der Waals surface area contributed by atoms with Crippen molar-refractivity contribution < 1.29 is 9.90 Å². The fraction of sp³-hybridized carbons (Fsp3) is 0.348. The maximum absolute atomic E-state index is 13.3. The van der Waals surface area contributed by atoms with Crippen LogP contribution >= 0.6 is 0 Å². The Hall–Kier alpha value is -2.99. The van der Waals surface area contributed by atoms with Gasteiger partial charge in [0.15, 0.2) is 5.43 Å². The molecule has 6 heteroatoms. The van der Waals surface area contributed by atoms with Crippen LogP contribution in [-0.4, -0.2) is 40.2 Å². The van der Waals surface area contributed by atoms with E-state index in [0.29, 0.717) is 41.2 Å². The number of carboxylic acids is 1. The molecule has 4 rings (SSSR count). The number of likely N-dealkylation sites (tertiary alicyclic amines) is 1. The molecular weight excluding hydrogens is 368 g/mol. The SMILES string of the molecule is O=C(O)[C@@H]1CCCN(CCCn2c(=O)c3ccccc3c(=O)c3ccccc32)C1. The van der Waals surface area contributed by atoms with E-state index in [4.69, 9.17) is 0 Å². The van der Waals surface area contributed by atoms with E-state index in [-0.39, 0.29) is 16.9 Å². The highest BCUT2D eigenvalue weighted by Crippen LogP contribution is 2.17. The first-order chi connectivity index (χ1) is 14.1. The Morgan fingerprint density at radius 3 is 2.41 bits per heavy atom. The molecule has 6 nitrogen and oxygen atoms in total. The zero-order valence-corrected chi connectivity index (χ0v) is 16.2. The molecule has 29 heavy (non-hydrogen) atoms. The molecule has 1 atom stereocenters. The number of hydrogen-bond donors (Lipinski definition) is 1. The van der Waals surface area contributed by atoms with Crippen molar-refractivity contribution >= 4 is 27.6 Å². The Morgan fingerprint density at radius 2 is 1.66 bits per heavy atom. The molecule has 1 aliphatic heterocycles. The number of carboxylic acid groups (broad SMARTS) is 1. The Morgan fingerprint density at radius 1 is 0.966 bits per heavy atom. The van der Waals surface area contributed by atoms with Gasteiger partial charge in [0.2, 0.25) is 0 Å². The molecule has 2 aromatic carbocycles. The van der Waals surface area contributed by atoms with E-state index in [1.807, 2.05) is 18.2 Å². The molecular formula is C23H24N2O4. The number of hydrogen-bond acceptors (Lipinski definition) is 4. The normalized spacial score (nSPS) is 17.6. The van der Waals surface area contributed by atoms with Crippen LogP contribution < -0.4 is 11.0 Å². The van der Waals surface area contributed by atoms with Gasteiger partial charge >= 0.3 is 5.97 Å². The monoisotopic (exact) mass is 392 g/mol. The smallest absolute Gasteiger partial charge is 0.307 e. The summed E-state index contributed by atoms with van der Waals surface area (Å²) in [5, 5.41) is 10.7. The molecule has 3 aromatic rings. The van der Waals surface area contributed by atoms with Crippen molar-refractivity contribution in [1.82, 2.24) is 9.47 Å². The van der Waals surface area contributed by atoms with Gasteiger partial charge in [-0.25, -0.2) is 0 Å². The lowest BCUT2D eigenvalue weighted by atomic mass is 9.98. The lowest BCUT2D eigenvalue weighted by Crippen LogP contribution is -2.39. The summed E-state index contributed by atoms with van der Waals surface area (Å²) in [5.41, 5.74) is 0.342. The third-order valence-electron chi connectivity index (χ3n) is 5.80. The Bertz CT molecular complexity index is 1180. The number of nitrogens with zero attached hydrogens (tertiary/aromatic N) is 2. The van der Waals surface area contributed by atoms with Crippen molar-refractivity contribution in [3.63, 3.8) is 0 Å². The predicted octanol–water partition coefficient (Wildman–Crippen LogP) is 2.70. The van der Waals surface area contributed by atoms with Crippen molar-refractivity contribution in [2.75, 3.05) is 19.6 Å². The minimum atomic E-state index is -0.735. The highest BCUT2D eigenvalue weighted by molar-refractivity contribution is 5.90. The van der Waals surface area contributed by atoms with Gasteiger partial charge in [-0.1, -0.05) is 30.3 Å². The fourth-order valence-electron chi connectivity index (χ4n) is 4.30. The number of rotatable bonds is 5. The van der Waals surface area contributed by atoms with Gasteiger partial charge in [0, 0.05) is 23.9 Å². The number of para-hydroxylation sites is 1. The Balaban J connectivity index is 1.67. The van der Waals surface area contributed by atoms with Gasteiger partial charge in [0.05, 0.1) is 16.8 Å². The van der Waals surface area contributed by atoms with Crippen LogP contribution in [-0.2, 0) is 11.3 Å². The first-order valence-electron chi connectivity index (χ1n) is 10.1. The van der Waals surface area contributed by atoms with Gasteiger partial charge in [0.25, 0.3) is 5.56 Å². The topological polar surface area (TPSA) is 79.6 Å².